The van der Waals surface area contributed by atoms with Gasteiger partial charge in [0.25, 0.3) is 0 Å². The van der Waals surface area contributed by atoms with Crippen molar-refractivity contribution in [2.24, 2.45) is 11.3 Å². The molecule has 0 spiro atoms. The molecule has 1 aromatic rings. The third kappa shape index (κ3) is 2.47. The van der Waals surface area contributed by atoms with Crippen molar-refractivity contribution in [3.8, 4) is 0 Å². The predicted octanol–water partition coefficient (Wildman–Crippen LogP) is 3.69. The van der Waals surface area contributed by atoms with Gasteiger partial charge in [0.2, 0.25) is 0 Å². The minimum atomic E-state index is -0.711. The molecule has 0 bridgehead atoms. The molecule has 1 N–H and O–H groups in total. The molecule has 0 amide bonds. The Labute approximate surface area is 107 Å². The van der Waals surface area contributed by atoms with Gasteiger partial charge in [0, 0.05) is 5.02 Å². The number of hydrogen-bond acceptors (Lipinski definition) is 1. The van der Waals surface area contributed by atoms with E-state index in [9.17, 15) is 9.90 Å². The number of aliphatic carboxylic acids is 1. The summed E-state index contributed by atoms with van der Waals surface area (Å²) in [6.45, 7) is 3.82. The smallest absolute Gasteiger partial charge is 0.309 e. The van der Waals surface area contributed by atoms with E-state index >= 15 is 0 Å². The molecule has 1 aliphatic rings. The Morgan fingerprint density at radius 3 is 2.65 bits per heavy atom. The molecule has 1 aliphatic carbocycles. The fourth-order valence-electron chi connectivity index (χ4n) is 2.31. The minimum Gasteiger partial charge on any atom is -0.481 e. The number of carboxylic acids is 1. The van der Waals surface area contributed by atoms with Crippen LogP contribution in [0.1, 0.15) is 30.9 Å². The number of carboxylic acid groups (broad SMARTS) is 1. The Hall–Kier alpha value is -1.02. The minimum absolute atomic E-state index is 0.303. The molecule has 0 radical (unpaired) electrons. The number of carbonyl (C=O) groups is 1. The molecule has 0 heterocycles. The van der Waals surface area contributed by atoms with Gasteiger partial charge in [-0.1, -0.05) is 23.7 Å². The van der Waals surface area contributed by atoms with Crippen LogP contribution in [0.25, 0.3) is 0 Å². The van der Waals surface area contributed by atoms with Gasteiger partial charge in [0.15, 0.2) is 0 Å². The van der Waals surface area contributed by atoms with E-state index < -0.39 is 11.4 Å². The van der Waals surface area contributed by atoms with Gasteiger partial charge in [-0.25, -0.2) is 0 Å². The summed E-state index contributed by atoms with van der Waals surface area (Å²) < 4.78 is 0. The van der Waals surface area contributed by atoms with E-state index in [1.807, 2.05) is 32.0 Å². The lowest BCUT2D eigenvalue weighted by molar-refractivity contribution is -0.149. The highest BCUT2D eigenvalue weighted by Crippen LogP contribution is 2.48. The molecule has 1 saturated carbocycles. The maximum atomic E-state index is 11.4. The summed E-state index contributed by atoms with van der Waals surface area (Å²) in [5.41, 5.74) is 1.37. The predicted molar refractivity (Wildman–Crippen MR) is 68.4 cm³/mol. The fraction of sp³-hybridized carbons (Fsp3) is 0.500. The topological polar surface area (TPSA) is 37.3 Å². The van der Waals surface area contributed by atoms with Crippen LogP contribution in [-0.2, 0) is 11.2 Å². The van der Waals surface area contributed by atoms with Gasteiger partial charge in [0.05, 0.1) is 5.41 Å². The van der Waals surface area contributed by atoms with Crippen LogP contribution >= 0.6 is 11.6 Å². The summed E-state index contributed by atoms with van der Waals surface area (Å²) in [4.78, 5) is 11.4. The van der Waals surface area contributed by atoms with E-state index in [1.54, 1.807) is 0 Å². The van der Waals surface area contributed by atoms with Crippen LogP contribution in [0.2, 0.25) is 5.02 Å². The average molecular weight is 253 g/mol. The number of benzene rings is 1. The molecule has 2 nitrogen and oxygen atoms in total. The van der Waals surface area contributed by atoms with Crippen LogP contribution < -0.4 is 0 Å². The molecular formula is C14H17ClO2. The Morgan fingerprint density at radius 1 is 1.53 bits per heavy atom. The second-order valence-electron chi connectivity index (χ2n) is 5.27. The highest BCUT2D eigenvalue weighted by Gasteiger charge is 2.47. The summed E-state index contributed by atoms with van der Waals surface area (Å²) in [5.74, 6) is -0.408. The molecule has 1 unspecified atom stereocenters. The van der Waals surface area contributed by atoms with Gasteiger partial charge in [-0.05, 0) is 56.2 Å². The summed E-state index contributed by atoms with van der Waals surface area (Å²) in [6.07, 6.45) is 2.56. The lowest BCUT2D eigenvalue weighted by Gasteiger charge is -2.25. The Kier molecular flexibility index (Phi) is 3.17. The van der Waals surface area contributed by atoms with Crippen LogP contribution in [0.5, 0.6) is 0 Å². The van der Waals surface area contributed by atoms with Gasteiger partial charge in [-0.3, -0.25) is 4.79 Å². The average Bonchev–Trinajstić information content (AvgIpc) is 3.05. The molecule has 0 aliphatic heterocycles. The second-order valence-corrected chi connectivity index (χ2v) is 5.68. The van der Waals surface area contributed by atoms with Crippen molar-refractivity contribution in [1.29, 1.82) is 0 Å². The summed E-state index contributed by atoms with van der Waals surface area (Å²) >= 11 is 6.17. The van der Waals surface area contributed by atoms with Gasteiger partial charge >= 0.3 is 5.97 Å². The molecule has 0 aromatic heterocycles. The monoisotopic (exact) mass is 252 g/mol. The first kappa shape index (κ1) is 12.4. The molecule has 92 valence electrons. The molecule has 1 atom stereocenters. The van der Waals surface area contributed by atoms with Crippen LogP contribution in [0.4, 0.5) is 0 Å². The number of hydrogen-bond donors (Lipinski definition) is 1. The van der Waals surface area contributed by atoms with Gasteiger partial charge in [0.1, 0.15) is 0 Å². The first-order valence-corrected chi connectivity index (χ1v) is 6.29. The van der Waals surface area contributed by atoms with Crippen molar-refractivity contribution in [1.82, 2.24) is 0 Å². The summed E-state index contributed by atoms with van der Waals surface area (Å²) in [6, 6.07) is 5.82. The van der Waals surface area contributed by atoms with Crippen molar-refractivity contribution < 1.29 is 9.90 Å². The van der Waals surface area contributed by atoms with Crippen LogP contribution in [0.15, 0.2) is 18.2 Å². The number of halogens is 1. The number of rotatable bonds is 4. The van der Waals surface area contributed by atoms with E-state index in [0.29, 0.717) is 17.4 Å². The zero-order valence-corrected chi connectivity index (χ0v) is 10.9. The van der Waals surface area contributed by atoms with Gasteiger partial charge in [-0.2, -0.15) is 0 Å². The Balaban J connectivity index is 2.26. The maximum Gasteiger partial charge on any atom is 0.309 e. The molecule has 1 fully saturated rings. The molecule has 2 rings (SSSR count). The Morgan fingerprint density at radius 2 is 2.18 bits per heavy atom. The second kappa shape index (κ2) is 4.34. The highest BCUT2D eigenvalue weighted by atomic mass is 35.5. The standard InChI is InChI=1S/C14H17ClO2/c1-9-3-4-10(12(15)7-9)8-14(2,13(16)17)11-5-6-11/h3-4,7,11H,5-6,8H2,1-2H3,(H,16,17). The van der Waals surface area contributed by atoms with Crippen molar-refractivity contribution in [2.75, 3.05) is 0 Å². The van der Waals surface area contributed by atoms with Crippen LogP contribution in [-0.4, -0.2) is 11.1 Å². The van der Waals surface area contributed by atoms with Crippen molar-refractivity contribution in [2.45, 2.75) is 33.1 Å². The van der Waals surface area contributed by atoms with E-state index in [1.165, 1.54) is 0 Å². The summed E-state index contributed by atoms with van der Waals surface area (Å²) in [7, 11) is 0. The quantitative estimate of drug-likeness (QED) is 0.887. The van der Waals surface area contributed by atoms with Crippen LogP contribution in [0.3, 0.4) is 0 Å². The largest absolute Gasteiger partial charge is 0.481 e. The lowest BCUT2D eigenvalue weighted by Crippen LogP contribution is -2.32. The molecule has 17 heavy (non-hydrogen) atoms. The van der Waals surface area contributed by atoms with Crippen molar-refractivity contribution >= 4 is 17.6 Å². The summed E-state index contributed by atoms with van der Waals surface area (Å²) in [5, 5.41) is 10.1. The van der Waals surface area contributed by atoms with Crippen molar-refractivity contribution in [3.05, 3.63) is 34.3 Å². The molecule has 0 saturated heterocycles. The third-order valence-electron chi connectivity index (χ3n) is 3.73. The highest BCUT2D eigenvalue weighted by molar-refractivity contribution is 6.31. The number of aryl methyl sites for hydroxylation is 1. The normalized spacial score (nSPS) is 18.8. The molecule has 1 aromatic carbocycles. The van der Waals surface area contributed by atoms with Crippen LogP contribution in [0, 0.1) is 18.3 Å². The molecular weight excluding hydrogens is 236 g/mol. The third-order valence-corrected chi connectivity index (χ3v) is 4.09. The fourth-order valence-corrected chi connectivity index (χ4v) is 2.61. The maximum absolute atomic E-state index is 11.4. The van der Waals surface area contributed by atoms with E-state index in [-0.39, 0.29) is 0 Å². The van der Waals surface area contributed by atoms with E-state index in [2.05, 4.69) is 0 Å². The zero-order chi connectivity index (χ0) is 12.6. The zero-order valence-electron chi connectivity index (χ0n) is 10.2. The van der Waals surface area contributed by atoms with E-state index in [0.717, 1.165) is 24.0 Å². The van der Waals surface area contributed by atoms with Gasteiger partial charge < -0.3 is 5.11 Å². The lowest BCUT2D eigenvalue weighted by atomic mass is 9.79. The first-order chi connectivity index (χ1) is 7.93. The SMILES string of the molecule is Cc1ccc(CC(C)(C(=O)O)C2CC2)c(Cl)c1. The Bertz CT molecular complexity index is 452. The van der Waals surface area contributed by atoms with Crippen molar-refractivity contribution in [3.63, 3.8) is 0 Å². The molecule has 3 heteroatoms. The first-order valence-electron chi connectivity index (χ1n) is 5.92. The van der Waals surface area contributed by atoms with E-state index in [4.69, 9.17) is 11.6 Å². The van der Waals surface area contributed by atoms with Gasteiger partial charge in [-0.15, -0.1) is 0 Å².